The first-order chi connectivity index (χ1) is 8.16. The Morgan fingerprint density at radius 2 is 2.06 bits per heavy atom. The molecule has 17 heavy (non-hydrogen) atoms. The third-order valence-corrected chi connectivity index (χ3v) is 2.89. The summed E-state index contributed by atoms with van der Waals surface area (Å²) in [6, 6.07) is 7.01. The predicted molar refractivity (Wildman–Crippen MR) is 66.4 cm³/mol. The van der Waals surface area contributed by atoms with Crippen molar-refractivity contribution in [3.8, 4) is 10.6 Å². The molecule has 1 aromatic carbocycles. The Hall–Kier alpha value is -2.01. The number of thiazole rings is 1. The second-order valence-electron chi connectivity index (χ2n) is 3.27. The van der Waals surface area contributed by atoms with Crippen LogP contribution in [0.1, 0.15) is 0 Å². The quantitative estimate of drug-likeness (QED) is 0.847. The minimum Gasteiger partial charge on any atom is -0.320 e. The Morgan fingerprint density at radius 1 is 1.35 bits per heavy atom. The number of benzene rings is 1. The topological polar surface area (TPSA) is 42.0 Å². The van der Waals surface area contributed by atoms with E-state index in [1.165, 1.54) is 11.3 Å². The lowest BCUT2D eigenvalue weighted by molar-refractivity contribution is -0.114. The highest BCUT2D eigenvalue weighted by molar-refractivity contribution is 7.13. The Kier molecular flexibility index (Phi) is 3.30. The van der Waals surface area contributed by atoms with Crippen molar-refractivity contribution >= 4 is 22.9 Å². The number of carbonyl (C=O) groups is 1. The van der Waals surface area contributed by atoms with Crippen molar-refractivity contribution in [1.82, 2.24) is 4.98 Å². The summed E-state index contributed by atoms with van der Waals surface area (Å²) >= 11 is 1.53. The molecule has 1 aromatic heterocycles. The third kappa shape index (κ3) is 2.76. The Balaban J connectivity index is 2.14. The Morgan fingerprint density at radius 3 is 2.59 bits per heavy atom. The van der Waals surface area contributed by atoms with Crippen LogP contribution in [0.5, 0.6) is 0 Å². The van der Waals surface area contributed by atoms with Crippen molar-refractivity contribution in [2.75, 3.05) is 5.32 Å². The SMILES string of the molecule is C=C(F)C(=O)Nc1ccc(-c2nccs2)cc1. The van der Waals surface area contributed by atoms with Gasteiger partial charge in [0.15, 0.2) is 5.83 Å². The van der Waals surface area contributed by atoms with Crippen molar-refractivity contribution in [2.45, 2.75) is 0 Å². The van der Waals surface area contributed by atoms with E-state index in [9.17, 15) is 9.18 Å². The van der Waals surface area contributed by atoms with Gasteiger partial charge in [-0.25, -0.2) is 9.37 Å². The summed E-state index contributed by atoms with van der Waals surface area (Å²) in [7, 11) is 0. The van der Waals surface area contributed by atoms with E-state index in [1.807, 2.05) is 17.5 Å². The van der Waals surface area contributed by atoms with E-state index in [2.05, 4.69) is 16.9 Å². The van der Waals surface area contributed by atoms with Gasteiger partial charge in [-0.05, 0) is 24.3 Å². The molecule has 1 N–H and O–H groups in total. The highest BCUT2D eigenvalue weighted by Crippen LogP contribution is 2.23. The number of halogens is 1. The fraction of sp³-hybridized carbons (Fsp3) is 0. The van der Waals surface area contributed by atoms with Gasteiger partial charge >= 0.3 is 0 Å². The number of anilines is 1. The maximum Gasteiger partial charge on any atom is 0.283 e. The monoisotopic (exact) mass is 248 g/mol. The Bertz CT molecular complexity index is 534. The summed E-state index contributed by atoms with van der Waals surface area (Å²) in [6.45, 7) is 2.92. The van der Waals surface area contributed by atoms with Gasteiger partial charge < -0.3 is 5.32 Å². The summed E-state index contributed by atoms with van der Waals surface area (Å²) in [5, 5.41) is 5.17. The van der Waals surface area contributed by atoms with Crippen LogP contribution in [0.25, 0.3) is 10.6 Å². The van der Waals surface area contributed by atoms with E-state index in [0.717, 1.165) is 10.6 Å². The minimum absolute atomic E-state index is 0.522. The standard InChI is InChI=1S/C12H9FN2OS/c1-8(13)11(16)15-10-4-2-9(3-5-10)12-14-6-7-17-12/h2-7H,1H2,(H,15,16). The molecular weight excluding hydrogens is 239 g/mol. The summed E-state index contributed by atoms with van der Waals surface area (Å²) in [5.74, 6) is -1.83. The molecule has 1 amide bonds. The molecule has 1 heterocycles. The van der Waals surface area contributed by atoms with Crippen LogP contribution in [0.2, 0.25) is 0 Å². The predicted octanol–water partition coefficient (Wildman–Crippen LogP) is 3.23. The first kappa shape index (κ1) is 11.5. The molecule has 86 valence electrons. The third-order valence-electron chi connectivity index (χ3n) is 2.07. The van der Waals surface area contributed by atoms with Crippen LogP contribution < -0.4 is 5.32 Å². The molecule has 0 radical (unpaired) electrons. The summed E-state index contributed by atoms with van der Waals surface area (Å²) in [5.41, 5.74) is 1.48. The average molecular weight is 248 g/mol. The zero-order valence-electron chi connectivity index (χ0n) is 8.81. The second kappa shape index (κ2) is 4.88. The molecule has 2 rings (SSSR count). The number of hydrogen-bond donors (Lipinski definition) is 1. The minimum atomic E-state index is -1.01. The smallest absolute Gasteiger partial charge is 0.283 e. The van der Waals surface area contributed by atoms with Crippen LogP contribution in [0, 0.1) is 0 Å². The number of nitrogens with zero attached hydrogens (tertiary/aromatic N) is 1. The van der Waals surface area contributed by atoms with Crippen LogP contribution in [0.15, 0.2) is 48.2 Å². The van der Waals surface area contributed by atoms with Gasteiger partial charge in [-0.1, -0.05) is 6.58 Å². The molecule has 0 aliphatic rings. The molecule has 0 unspecified atom stereocenters. The normalized spacial score (nSPS) is 9.94. The molecule has 0 atom stereocenters. The van der Waals surface area contributed by atoms with Crippen LogP contribution in [0.3, 0.4) is 0 Å². The zero-order valence-corrected chi connectivity index (χ0v) is 9.63. The van der Waals surface area contributed by atoms with Gasteiger partial charge in [0.25, 0.3) is 5.91 Å². The lowest BCUT2D eigenvalue weighted by atomic mass is 10.2. The zero-order chi connectivity index (χ0) is 12.3. The van der Waals surface area contributed by atoms with Gasteiger partial charge in [0.1, 0.15) is 5.01 Å². The van der Waals surface area contributed by atoms with Crippen molar-refractivity contribution < 1.29 is 9.18 Å². The Labute approximate surface area is 102 Å². The molecule has 0 spiro atoms. The molecule has 0 aliphatic carbocycles. The van der Waals surface area contributed by atoms with Crippen LogP contribution in [-0.2, 0) is 4.79 Å². The molecule has 5 heteroatoms. The van der Waals surface area contributed by atoms with E-state index >= 15 is 0 Å². The van der Waals surface area contributed by atoms with Gasteiger partial charge in [0, 0.05) is 22.8 Å². The fourth-order valence-electron chi connectivity index (χ4n) is 1.26. The molecule has 2 aromatic rings. The number of hydrogen-bond acceptors (Lipinski definition) is 3. The lowest BCUT2D eigenvalue weighted by Gasteiger charge is -2.03. The molecule has 0 saturated carbocycles. The number of aromatic nitrogens is 1. The van der Waals surface area contributed by atoms with Crippen molar-refractivity contribution in [1.29, 1.82) is 0 Å². The van der Waals surface area contributed by atoms with E-state index in [4.69, 9.17) is 0 Å². The first-order valence-electron chi connectivity index (χ1n) is 4.82. The highest BCUT2D eigenvalue weighted by atomic mass is 32.1. The summed E-state index contributed by atoms with van der Waals surface area (Å²) < 4.78 is 12.5. The summed E-state index contributed by atoms with van der Waals surface area (Å²) in [6.07, 6.45) is 1.72. The highest BCUT2D eigenvalue weighted by Gasteiger charge is 2.06. The largest absolute Gasteiger partial charge is 0.320 e. The molecule has 3 nitrogen and oxygen atoms in total. The molecule has 0 saturated heterocycles. The maximum atomic E-state index is 12.5. The number of rotatable bonds is 3. The fourth-order valence-corrected chi connectivity index (χ4v) is 1.91. The van der Waals surface area contributed by atoms with Gasteiger partial charge in [0.2, 0.25) is 0 Å². The molecule has 0 bridgehead atoms. The molecule has 0 fully saturated rings. The van der Waals surface area contributed by atoms with Crippen molar-refractivity contribution in [3.05, 3.63) is 48.2 Å². The number of carbonyl (C=O) groups excluding carboxylic acids is 1. The summed E-state index contributed by atoms with van der Waals surface area (Å²) in [4.78, 5) is 15.2. The molecular formula is C12H9FN2OS. The van der Waals surface area contributed by atoms with Crippen LogP contribution in [-0.4, -0.2) is 10.9 Å². The van der Waals surface area contributed by atoms with E-state index < -0.39 is 11.7 Å². The van der Waals surface area contributed by atoms with Gasteiger partial charge in [-0.2, -0.15) is 0 Å². The maximum absolute atomic E-state index is 12.5. The average Bonchev–Trinajstić information content (AvgIpc) is 2.83. The number of amides is 1. The van der Waals surface area contributed by atoms with E-state index in [1.54, 1.807) is 18.3 Å². The first-order valence-corrected chi connectivity index (χ1v) is 5.70. The number of nitrogens with one attached hydrogen (secondary N) is 1. The lowest BCUT2D eigenvalue weighted by Crippen LogP contribution is -2.10. The second-order valence-corrected chi connectivity index (χ2v) is 4.17. The van der Waals surface area contributed by atoms with Crippen LogP contribution in [0.4, 0.5) is 10.1 Å². The van der Waals surface area contributed by atoms with Gasteiger partial charge in [-0.15, -0.1) is 11.3 Å². The van der Waals surface area contributed by atoms with E-state index in [0.29, 0.717) is 5.69 Å². The van der Waals surface area contributed by atoms with E-state index in [-0.39, 0.29) is 0 Å². The van der Waals surface area contributed by atoms with Crippen molar-refractivity contribution in [2.24, 2.45) is 0 Å². The van der Waals surface area contributed by atoms with Crippen molar-refractivity contribution in [3.63, 3.8) is 0 Å². The van der Waals surface area contributed by atoms with Crippen LogP contribution >= 0.6 is 11.3 Å². The molecule has 0 aliphatic heterocycles. The van der Waals surface area contributed by atoms with Gasteiger partial charge in [0.05, 0.1) is 0 Å². The van der Waals surface area contributed by atoms with Gasteiger partial charge in [-0.3, -0.25) is 4.79 Å².